The van der Waals surface area contributed by atoms with Crippen LogP contribution in [-0.2, 0) is 6.54 Å². The van der Waals surface area contributed by atoms with Gasteiger partial charge in [0.2, 0.25) is 0 Å². The first-order valence-corrected chi connectivity index (χ1v) is 7.02. The normalized spacial score (nSPS) is 23.7. The van der Waals surface area contributed by atoms with Gasteiger partial charge in [0.1, 0.15) is 0 Å². The van der Waals surface area contributed by atoms with E-state index in [1.807, 2.05) is 12.1 Å². The predicted octanol–water partition coefficient (Wildman–Crippen LogP) is 1.71. The molecule has 0 aromatic heterocycles. The third-order valence-corrected chi connectivity index (χ3v) is 4.11. The van der Waals surface area contributed by atoms with E-state index in [0.29, 0.717) is 18.2 Å². The van der Waals surface area contributed by atoms with Crippen LogP contribution in [0.15, 0.2) is 24.3 Å². The van der Waals surface area contributed by atoms with Crippen LogP contribution in [0.25, 0.3) is 0 Å². The number of carbonyl (C=O) groups is 1. The molecule has 1 heterocycles. The molecule has 102 valence electrons. The molecule has 1 saturated carbocycles. The summed E-state index contributed by atoms with van der Waals surface area (Å²) in [4.78, 5) is 13.7. The van der Waals surface area contributed by atoms with Gasteiger partial charge in [-0.3, -0.25) is 4.90 Å². The van der Waals surface area contributed by atoms with Crippen molar-refractivity contribution in [1.82, 2.24) is 10.2 Å². The summed E-state index contributed by atoms with van der Waals surface area (Å²) in [5, 5.41) is 12.6. The van der Waals surface area contributed by atoms with Gasteiger partial charge in [-0.15, -0.1) is 0 Å². The molecule has 4 nitrogen and oxygen atoms in total. The first-order chi connectivity index (χ1) is 9.24. The Labute approximate surface area is 113 Å². The van der Waals surface area contributed by atoms with Gasteiger partial charge >= 0.3 is 5.97 Å². The summed E-state index contributed by atoms with van der Waals surface area (Å²) in [6.07, 6.45) is 3.88. The van der Waals surface area contributed by atoms with Crippen molar-refractivity contribution < 1.29 is 9.90 Å². The van der Waals surface area contributed by atoms with Gasteiger partial charge in [0.15, 0.2) is 0 Å². The number of carboxylic acids is 1. The van der Waals surface area contributed by atoms with E-state index < -0.39 is 5.97 Å². The third-order valence-electron chi connectivity index (χ3n) is 4.11. The van der Waals surface area contributed by atoms with Gasteiger partial charge in [-0.1, -0.05) is 18.2 Å². The number of carboxylic acid groups (broad SMARTS) is 1. The van der Waals surface area contributed by atoms with Gasteiger partial charge in [0, 0.05) is 31.7 Å². The Balaban J connectivity index is 1.56. The van der Waals surface area contributed by atoms with E-state index in [2.05, 4.69) is 10.2 Å². The maximum Gasteiger partial charge on any atom is 0.336 e. The fourth-order valence-corrected chi connectivity index (χ4v) is 2.86. The van der Waals surface area contributed by atoms with E-state index in [-0.39, 0.29) is 0 Å². The Kier molecular flexibility index (Phi) is 3.53. The summed E-state index contributed by atoms with van der Waals surface area (Å²) in [5.74, 6) is -0.844. The monoisotopic (exact) mass is 260 g/mol. The van der Waals surface area contributed by atoms with Crippen molar-refractivity contribution in [3.05, 3.63) is 35.4 Å². The van der Waals surface area contributed by atoms with Crippen molar-refractivity contribution in [3.63, 3.8) is 0 Å². The maximum atomic E-state index is 11.1. The van der Waals surface area contributed by atoms with Crippen LogP contribution in [0.5, 0.6) is 0 Å². The lowest BCUT2D eigenvalue weighted by Crippen LogP contribution is -2.33. The van der Waals surface area contributed by atoms with E-state index in [1.165, 1.54) is 25.8 Å². The molecule has 1 aliphatic carbocycles. The van der Waals surface area contributed by atoms with Gasteiger partial charge < -0.3 is 10.4 Å². The topological polar surface area (TPSA) is 52.6 Å². The van der Waals surface area contributed by atoms with Crippen molar-refractivity contribution in [2.45, 2.75) is 37.9 Å². The second-order valence-corrected chi connectivity index (χ2v) is 5.55. The molecule has 1 aliphatic heterocycles. The second kappa shape index (κ2) is 5.31. The second-order valence-electron chi connectivity index (χ2n) is 5.55. The molecule has 19 heavy (non-hydrogen) atoms. The van der Waals surface area contributed by atoms with Gasteiger partial charge in [-0.25, -0.2) is 4.79 Å². The summed E-state index contributed by atoms with van der Waals surface area (Å²) in [6, 6.07) is 8.57. The first kappa shape index (κ1) is 12.6. The predicted molar refractivity (Wildman–Crippen MR) is 73.2 cm³/mol. The molecule has 2 fully saturated rings. The van der Waals surface area contributed by atoms with E-state index >= 15 is 0 Å². The highest BCUT2D eigenvalue weighted by atomic mass is 16.4. The van der Waals surface area contributed by atoms with Crippen molar-refractivity contribution in [3.8, 4) is 0 Å². The summed E-state index contributed by atoms with van der Waals surface area (Å²) in [5.41, 5.74) is 1.28. The highest BCUT2D eigenvalue weighted by Crippen LogP contribution is 2.29. The van der Waals surface area contributed by atoms with Crippen LogP contribution >= 0.6 is 0 Å². The molecular formula is C15H20N2O2. The molecular weight excluding hydrogens is 240 g/mol. The zero-order chi connectivity index (χ0) is 13.2. The molecule has 1 unspecified atom stereocenters. The number of aromatic carboxylic acids is 1. The van der Waals surface area contributed by atoms with Crippen LogP contribution < -0.4 is 5.32 Å². The number of benzene rings is 1. The molecule has 0 bridgehead atoms. The van der Waals surface area contributed by atoms with E-state index in [4.69, 9.17) is 5.11 Å². The molecule has 3 rings (SSSR count). The largest absolute Gasteiger partial charge is 0.478 e. The summed E-state index contributed by atoms with van der Waals surface area (Å²) >= 11 is 0. The van der Waals surface area contributed by atoms with Crippen LogP contribution in [0.3, 0.4) is 0 Å². The van der Waals surface area contributed by atoms with Crippen LogP contribution in [0.1, 0.15) is 35.2 Å². The highest BCUT2D eigenvalue weighted by molar-refractivity contribution is 5.89. The zero-order valence-corrected chi connectivity index (χ0v) is 11.0. The molecule has 0 radical (unpaired) electrons. The Hall–Kier alpha value is -1.39. The Morgan fingerprint density at radius 1 is 1.32 bits per heavy atom. The quantitative estimate of drug-likeness (QED) is 0.846. The molecule has 2 aliphatic rings. The summed E-state index contributed by atoms with van der Waals surface area (Å²) in [7, 11) is 0. The number of nitrogens with zero attached hydrogens (tertiary/aromatic N) is 1. The standard InChI is InChI=1S/C15H20N2O2/c18-15(19)14-4-2-1-3-11(14)9-16-12-7-8-17(10-12)13-5-6-13/h1-4,12-13,16H,5-10H2,(H,18,19). The molecule has 1 aromatic rings. The SMILES string of the molecule is O=C(O)c1ccccc1CNC1CCN(C2CC2)C1. The molecule has 2 N–H and O–H groups in total. The minimum atomic E-state index is -0.844. The molecule has 0 spiro atoms. The smallest absolute Gasteiger partial charge is 0.336 e. The lowest BCUT2D eigenvalue weighted by atomic mass is 10.1. The van der Waals surface area contributed by atoms with Gasteiger partial charge in [0.25, 0.3) is 0 Å². The van der Waals surface area contributed by atoms with E-state index in [1.54, 1.807) is 12.1 Å². The number of nitrogens with one attached hydrogen (secondary N) is 1. The van der Waals surface area contributed by atoms with Gasteiger partial charge in [-0.05, 0) is 30.9 Å². The Bertz CT molecular complexity index is 471. The highest BCUT2D eigenvalue weighted by Gasteiger charge is 2.34. The van der Waals surface area contributed by atoms with E-state index in [0.717, 1.165) is 18.2 Å². The summed E-state index contributed by atoms with van der Waals surface area (Å²) < 4.78 is 0. The average molecular weight is 260 g/mol. The zero-order valence-electron chi connectivity index (χ0n) is 11.0. The Morgan fingerprint density at radius 2 is 2.11 bits per heavy atom. The number of likely N-dealkylation sites (tertiary alicyclic amines) is 1. The molecule has 0 amide bonds. The fourth-order valence-electron chi connectivity index (χ4n) is 2.86. The molecule has 1 aromatic carbocycles. The van der Waals surface area contributed by atoms with Crippen molar-refractivity contribution in [1.29, 1.82) is 0 Å². The van der Waals surface area contributed by atoms with Crippen LogP contribution in [0.2, 0.25) is 0 Å². The van der Waals surface area contributed by atoms with Crippen LogP contribution in [-0.4, -0.2) is 41.1 Å². The van der Waals surface area contributed by atoms with E-state index in [9.17, 15) is 4.79 Å². The average Bonchev–Trinajstić information content (AvgIpc) is 3.16. The fraction of sp³-hybridized carbons (Fsp3) is 0.533. The number of hydrogen-bond donors (Lipinski definition) is 2. The number of hydrogen-bond acceptors (Lipinski definition) is 3. The molecule has 1 atom stereocenters. The van der Waals surface area contributed by atoms with Crippen molar-refractivity contribution in [2.24, 2.45) is 0 Å². The lowest BCUT2D eigenvalue weighted by Gasteiger charge is -2.16. The molecule has 1 saturated heterocycles. The molecule has 4 heteroatoms. The van der Waals surface area contributed by atoms with Crippen molar-refractivity contribution >= 4 is 5.97 Å². The minimum Gasteiger partial charge on any atom is -0.478 e. The van der Waals surface area contributed by atoms with Crippen LogP contribution in [0, 0.1) is 0 Å². The number of rotatable bonds is 5. The maximum absolute atomic E-state index is 11.1. The Morgan fingerprint density at radius 3 is 2.84 bits per heavy atom. The first-order valence-electron chi connectivity index (χ1n) is 7.02. The third kappa shape index (κ3) is 2.96. The minimum absolute atomic E-state index is 0.409. The van der Waals surface area contributed by atoms with Gasteiger partial charge in [-0.2, -0.15) is 0 Å². The van der Waals surface area contributed by atoms with Crippen molar-refractivity contribution in [2.75, 3.05) is 13.1 Å². The summed E-state index contributed by atoms with van der Waals surface area (Å²) in [6.45, 7) is 2.94. The van der Waals surface area contributed by atoms with Crippen LogP contribution in [0.4, 0.5) is 0 Å². The lowest BCUT2D eigenvalue weighted by molar-refractivity contribution is 0.0695. The van der Waals surface area contributed by atoms with Gasteiger partial charge in [0.05, 0.1) is 5.56 Å².